The Morgan fingerprint density at radius 3 is 2.37 bits per heavy atom. The monoisotopic (exact) mass is 536 g/mol. The van der Waals surface area contributed by atoms with Crippen molar-refractivity contribution < 1.29 is 23.9 Å². The summed E-state index contributed by atoms with van der Waals surface area (Å²) in [4.78, 5) is 33.7. The van der Waals surface area contributed by atoms with Crippen LogP contribution in [0, 0.1) is 5.92 Å². The molecule has 2 aliphatic rings. The number of carbonyl (C=O) groups is 2. The number of benzene rings is 3. The van der Waals surface area contributed by atoms with E-state index in [4.69, 9.17) is 14.3 Å². The molecule has 3 aromatic rings. The van der Waals surface area contributed by atoms with E-state index in [1.165, 1.54) is 4.90 Å². The number of carbonyl (C=O) groups excluding carboxylic acids is 2. The van der Waals surface area contributed by atoms with Crippen LogP contribution in [0.25, 0.3) is 0 Å². The molecule has 0 spiro atoms. The summed E-state index contributed by atoms with van der Waals surface area (Å²) >= 11 is 3.39. The standard InChI is InChI=1S/C27H25BrN2O5/c1-3-33-22-15-18(9-14-21(22)34-16-17-7-5-4-6-8-17)24-23-25(35-29(24)2)27(32)30(26(23)31)20-12-10-19(28)11-13-20/h4-15,23-25H,3,16H2,1-2H3/t23-,24-,25-/m0/s1. The fourth-order valence-electron chi connectivity index (χ4n) is 4.64. The third kappa shape index (κ3) is 4.45. The molecule has 0 aromatic heterocycles. The van der Waals surface area contributed by atoms with Gasteiger partial charge in [0.05, 0.1) is 24.3 Å². The maximum Gasteiger partial charge on any atom is 0.265 e. The van der Waals surface area contributed by atoms with Crippen LogP contribution in [-0.4, -0.2) is 36.6 Å². The number of imide groups is 1. The number of hydroxylamine groups is 2. The zero-order valence-electron chi connectivity index (χ0n) is 19.4. The van der Waals surface area contributed by atoms with Crippen LogP contribution in [0.4, 0.5) is 5.69 Å². The highest BCUT2D eigenvalue weighted by Crippen LogP contribution is 2.46. The van der Waals surface area contributed by atoms with Crippen LogP contribution in [0.2, 0.25) is 0 Å². The molecule has 180 valence electrons. The number of rotatable bonds is 7. The van der Waals surface area contributed by atoms with Gasteiger partial charge in [0.25, 0.3) is 5.91 Å². The van der Waals surface area contributed by atoms with Gasteiger partial charge in [0.15, 0.2) is 17.6 Å². The van der Waals surface area contributed by atoms with Gasteiger partial charge in [-0.05, 0) is 54.4 Å². The minimum absolute atomic E-state index is 0.279. The molecule has 0 N–H and O–H groups in total. The van der Waals surface area contributed by atoms with E-state index in [2.05, 4.69) is 15.9 Å². The molecule has 2 heterocycles. The van der Waals surface area contributed by atoms with E-state index in [0.29, 0.717) is 30.4 Å². The number of halogens is 1. The lowest BCUT2D eigenvalue weighted by Gasteiger charge is -2.25. The lowest BCUT2D eigenvalue weighted by molar-refractivity contribution is -0.160. The molecule has 0 bridgehead atoms. The second kappa shape index (κ2) is 9.81. The van der Waals surface area contributed by atoms with Crippen molar-refractivity contribution in [2.24, 2.45) is 5.92 Å². The number of anilines is 1. The summed E-state index contributed by atoms with van der Waals surface area (Å²) in [7, 11) is 1.74. The third-order valence-corrected chi connectivity index (χ3v) is 6.77. The molecule has 0 radical (unpaired) electrons. The number of hydrogen-bond acceptors (Lipinski definition) is 6. The second-order valence-electron chi connectivity index (χ2n) is 8.44. The molecule has 2 saturated heterocycles. The molecule has 2 amide bonds. The van der Waals surface area contributed by atoms with Crippen LogP contribution in [0.5, 0.6) is 11.5 Å². The summed E-state index contributed by atoms with van der Waals surface area (Å²) in [6.07, 6.45) is -0.870. The molecule has 0 aliphatic carbocycles. The lowest BCUT2D eigenvalue weighted by Crippen LogP contribution is -2.36. The molecule has 3 atom stereocenters. The highest BCUT2D eigenvalue weighted by Gasteiger charge is 2.59. The van der Waals surface area contributed by atoms with Gasteiger partial charge in [-0.1, -0.05) is 52.3 Å². The van der Waals surface area contributed by atoms with Crippen LogP contribution in [0.15, 0.2) is 77.3 Å². The fraction of sp³-hybridized carbons (Fsp3) is 0.259. The highest BCUT2D eigenvalue weighted by molar-refractivity contribution is 9.10. The van der Waals surface area contributed by atoms with Crippen molar-refractivity contribution >= 4 is 33.4 Å². The minimum Gasteiger partial charge on any atom is -0.490 e. The number of ether oxygens (including phenoxy) is 2. The van der Waals surface area contributed by atoms with Gasteiger partial charge in [-0.3, -0.25) is 14.4 Å². The van der Waals surface area contributed by atoms with Gasteiger partial charge in [-0.15, -0.1) is 0 Å². The zero-order valence-corrected chi connectivity index (χ0v) is 21.0. The number of fused-ring (bicyclic) bond motifs is 1. The molecule has 5 rings (SSSR count). The van der Waals surface area contributed by atoms with Crippen molar-refractivity contribution in [2.45, 2.75) is 25.7 Å². The van der Waals surface area contributed by atoms with Crippen LogP contribution in [-0.2, 0) is 21.0 Å². The lowest BCUT2D eigenvalue weighted by atomic mass is 9.91. The summed E-state index contributed by atoms with van der Waals surface area (Å²) in [6, 6.07) is 22.2. The molecular weight excluding hydrogens is 512 g/mol. The zero-order chi connectivity index (χ0) is 24.5. The van der Waals surface area contributed by atoms with E-state index in [-0.39, 0.29) is 11.8 Å². The molecule has 2 fully saturated rings. The van der Waals surface area contributed by atoms with Gasteiger partial charge in [0, 0.05) is 11.5 Å². The Morgan fingerprint density at radius 2 is 1.66 bits per heavy atom. The van der Waals surface area contributed by atoms with Crippen molar-refractivity contribution in [1.29, 1.82) is 0 Å². The molecule has 35 heavy (non-hydrogen) atoms. The van der Waals surface area contributed by atoms with Crippen LogP contribution in [0.3, 0.4) is 0 Å². The summed E-state index contributed by atoms with van der Waals surface area (Å²) in [5.74, 6) is -0.104. The quantitative estimate of drug-likeness (QED) is 0.400. The molecule has 7 nitrogen and oxygen atoms in total. The smallest absolute Gasteiger partial charge is 0.265 e. The van der Waals surface area contributed by atoms with Crippen LogP contribution >= 0.6 is 15.9 Å². The predicted molar refractivity (Wildman–Crippen MR) is 134 cm³/mol. The largest absolute Gasteiger partial charge is 0.490 e. The van der Waals surface area contributed by atoms with Crippen LogP contribution < -0.4 is 14.4 Å². The topological polar surface area (TPSA) is 68.3 Å². The highest BCUT2D eigenvalue weighted by atomic mass is 79.9. The summed E-state index contributed by atoms with van der Waals surface area (Å²) < 4.78 is 12.8. The van der Waals surface area contributed by atoms with Gasteiger partial charge >= 0.3 is 0 Å². The van der Waals surface area contributed by atoms with Crippen molar-refractivity contribution in [1.82, 2.24) is 5.06 Å². The van der Waals surface area contributed by atoms with Gasteiger partial charge < -0.3 is 9.47 Å². The maximum absolute atomic E-state index is 13.5. The van der Waals surface area contributed by atoms with E-state index in [1.807, 2.05) is 55.5 Å². The fourth-order valence-corrected chi connectivity index (χ4v) is 4.91. The Hall–Kier alpha value is -3.20. The van der Waals surface area contributed by atoms with Gasteiger partial charge in [-0.2, -0.15) is 5.06 Å². The molecule has 0 unspecified atom stereocenters. The first-order valence-electron chi connectivity index (χ1n) is 11.4. The number of nitrogens with zero attached hydrogens (tertiary/aromatic N) is 2. The second-order valence-corrected chi connectivity index (χ2v) is 9.36. The molecule has 3 aromatic carbocycles. The van der Waals surface area contributed by atoms with Crippen molar-refractivity contribution in [3.8, 4) is 11.5 Å². The van der Waals surface area contributed by atoms with Crippen molar-refractivity contribution in [2.75, 3.05) is 18.6 Å². The first kappa shape index (κ1) is 23.5. The van der Waals surface area contributed by atoms with Gasteiger partial charge in [-0.25, -0.2) is 4.90 Å². The molecular formula is C27H25BrN2O5. The minimum atomic E-state index is -0.870. The first-order chi connectivity index (χ1) is 17.0. The van der Waals surface area contributed by atoms with E-state index >= 15 is 0 Å². The third-order valence-electron chi connectivity index (χ3n) is 6.24. The maximum atomic E-state index is 13.5. The average Bonchev–Trinajstić information content (AvgIpc) is 3.33. The SMILES string of the molecule is CCOc1cc([C@H]2[C@@H]3C(=O)N(c4ccc(Br)cc4)C(=O)[C@H]3ON2C)ccc1OCc1ccccc1. The predicted octanol–water partition coefficient (Wildman–Crippen LogP) is 4.90. The Bertz CT molecular complexity index is 1230. The Kier molecular flexibility index (Phi) is 6.60. The normalized spacial score (nSPS) is 21.9. The van der Waals surface area contributed by atoms with E-state index in [1.54, 1.807) is 36.4 Å². The number of hydrogen-bond donors (Lipinski definition) is 0. The summed E-state index contributed by atoms with van der Waals surface area (Å²) in [6.45, 7) is 2.78. The van der Waals surface area contributed by atoms with E-state index < -0.39 is 18.1 Å². The molecule has 2 aliphatic heterocycles. The Morgan fingerprint density at radius 1 is 0.914 bits per heavy atom. The van der Waals surface area contributed by atoms with Crippen molar-refractivity contribution in [3.05, 3.63) is 88.4 Å². The molecule has 8 heteroatoms. The Labute approximate surface area is 212 Å². The average molecular weight is 537 g/mol. The van der Waals surface area contributed by atoms with E-state index in [0.717, 1.165) is 15.6 Å². The van der Waals surface area contributed by atoms with Crippen LogP contribution in [0.1, 0.15) is 24.1 Å². The van der Waals surface area contributed by atoms with Crippen molar-refractivity contribution in [3.63, 3.8) is 0 Å². The van der Waals surface area contributed by atoms with Gasteiger partial charge in [0.2, 0.25) is 5.91 Å². The first-order valence-corrected chi connectivity index (χ1v) is 12.2. The van der Waals surface area contributed by atoms with E-state index in [9.17, 15) is 9.59 Å². The Balaban J connectivity index is 1.42. The number of amides is 2. The van der Waals surface area contributed by atoms with Gasteiger partial charge in [0.1, 0.15) is 6.61 Å². The summed E-state index contributed by atoms with van der Waals surface area (Å²) in [5, 5.41) is 1.60. The summed E-state index contributed by atoms with van der Waals surface area (Å²) in [5.41, 5.74) is 2.39. The molecule has 0 saturated carbocycles.